The number of carbonyl (C=O) groups excluding carboxylic acids is 3. The van der Waals surface area contributed by atoms with Gasteiger partial charge in [-0.05, 0) is 58.4 Å². The molecule has 1 fully saturated rings. The van der Waals surface area contributed by atoms with Crippen LogP contribution in [-0.4, -0.2) is 72.0 Å². The molecule has 1 aliphatic heterocycles. The van der Waals surface area contributed by atoms with Crippen molar-refractivity contribution < 1.29 is 19.1 Å². The summed E-state index contributed by atoms with van der Waals surface area (Å²) in [5, 5.41) is 3.10. The smallest absolute Gasteiger partial charge is 0.333 e. The summed E-state index contributed by atoms with van der Waals surface area (Å²) in [5.74, 6) is -0.538. The number of piperidine rings is 1. The van der Waals surface area contributed by atoms with Crippen LogP contribution in [-0.2, 0) is 19.1 Å². The van der Waals surface area contributed by atoms with Crippen molar-refractivity contribution in [3.8, 4) is 0 Å². The number of nitrogens with zero attached hydrogens (tertiary/aromatic N) is 2. The zero-order valence-electron chi connectivity index (χ0n) is 22.5. The van der Waals surface area contributed by atoms with Crippen LogP contribution in [0.4, 0.5) is 0 Å². The topological polar surface area (TPSA) is 79.0 Å². The molecule has 0 spiro atoms. The molecule has 0 bridgehead atoms. The van der Waals surface area contributed by atoms with E-state index in [1.54, 1.807) is 31.9 Å². The number of likely N-dealkylation sites (tertiary alicyclic amines) is 1. The van der Waals surface area contributed by atoms with Crippen LogP contribution in [0.15, 0.2) is 11.6 Å². The molecule has 7 nitrogen and oxygen atoms in total. The number of carbonyl (C=O) groups is 3. The van der Waals surface area contributed by atoms with Crippen LogP contribution in [0.1, 0.15) is 81.6 Å². The van der Waals surface area contributed by atoms with Gasteiger partial charge in [0.25, 0.3) is 0 Å². The van der Waals surface area contributed by atoms with Crippen molar-refractivity contribution >= 4 is 17.8 Å². The van der Waals surface area contributed by atoms with Gasteiger partial charge in [-0.15, -0.1) is 0 Å². The van der Waals surface area contributed by atoms with E-state index in [9.17, 15) is 14.4 Å². The second kappa shape index (κ2) is 12.5. The van der Waals surface area contributed by atoms with E-state index in [1.807, 2.05) is 34.6 Å². The molecule has 3 atom stereocenters. The number of hydrogen-bond acceptors (Lipinski definition) is 5. The monoisotopic (exact) mass is 465 g/mol. The Kier molecular flexibility index (Phi) is 11.1. The number of rotatable bonds is 9. The van der Waals surface area contributed by atoms with Crippen LogP contribution in [0, 0.1) is 11.3 Å². The molecule has 1 aliphatic rings. The summed E-state index contributed by atoms with van der Waals surface area (Å²) >= 11 is 0. The molecular formula is C26H47N3O4. The molecule has 0 unspecified atom stereocenters. The molecule has 1 rings (SSSR count). The summed E-state index contributed by atoms with van der Waals surface area (Å²) < 4.78 is 5.10. The third-order valence-corrected chi connectivity index (χ3v) is 6.41. The van der Waals surface area contributed by atoms with Gasteiger partial charge in [-0.3, -0.25) is 14.5 Å². The van der Waals surface area contributed by atoms with Gasteiger partial charge >= 0.3 is 5.97 Å². The minimum Gasteiger partial charge on any atom is -0.463 e. The average Bonchev–Trinajstić information content (AvgIpc) is 2.73. The van der Waals surface area contributed by atoms with E-state index >= 15 is 0 Å². The van der Waals surface area contributed by atoms with E-state index in [-0.39, 0.29) is 41.8 Å². The highest BCUT2D eigenvalue weighted by Crippen LogP contribution is 2.26. The zero-order chi connectivity index (χ0) is 25.5. The van der Waals surface area contributed by atoms with Gasteiger partial charge in [0.2, 0.25) is 11.8 Å². The molecular weight excluding hydrogens is 418 g/mol. The Balaban J connectivity index is 3.15. The normalized spacial score (nSPS) is 19.9. The van der Waals surface area contributed by atoms with Gasteiger partial charge in [0.1, 0.15) is 6.04 Å². The molecule has 0 radical (unpaired) electrons. The second-order valence-corrected chi connectivity index (χ2v) is 10.9. The lowest BCUT2D eigenvalue weighted by molar-refractivity contribution is -0.142. The summed E-state index contributed by atoms with van der Waals surface area (Å²) in [4.78, 5) is 43.1. The van der Waals surface area contributed by atoms with Crippen molar-refractivity contribution in [2.45, 2.75) is 106 Å². The predicted molar refractivity (Wildman–Crippen MR) is 133 cm³/mol. The first-order valence-corrected chi connectivity index (χ1v) is 12.4. The van der Waals surface area contributed by atoms with Crippen molar-refractivity contribution in [3.63, 3.8) is 0 Å². The molecule has 1 saturated heterocycles. The van der Waals surface area contributed by atoms with E-state index < -0.39 is 11.5 Å². The Morgan fingerprint density at radius 1 is 1.15 bits per heavy atom. The highest BCUT2D eigenvalue weighted by atomic mass is 16.5. The fourth-order valence-electron chi connectivity index (χ4n) is 4.41. The number of amides is 2. The van der Waals surface area contributed by atoms with Crippen molar-refractivity contribution in [2.24, 2.45) is 11.3 Å². The van der Waals surface area contributed by atoms with Crippen LogP contribution in [0.2, 0.25) is 0 Å². The van der Waals surface area contributed by atoms with Crippen molar-refractivity contribution in [1.82, 2.24) is 15.1 Å². The highest BCUT2D eigenvalue weighted by Gasteiger charge is 2.39. The summed E-state index contributed by atoms with van der Waals surface area (Å²) in [6, 6.07) is -0.920. The van der Waals surface area contributed by atoms with Crippen LogP contribution in [0.3, 0.4) is 0 Å². The number of nitrogens with one attached hydrogen (secondary N) is 1. The quantitative estimate of drug-likeness (QED) is 0.414. The average molecular weight is 466 g/mol. The van der Waals surface area contributed by atoms with Gasteiger partial charge in [0.15, 0.2) is 0 Å². The molecule has 0 aromatic rings. The molecule has 0 aliphatic carbocycles. The first-order valence-electron chi connectivity index (χ1n) is 12.4. The molecule has 2 amide bonds. The molecule has 190 valence electrons. The summed E-state index contributed by atoms with van der Waals surface area (Å²) in [6.07, 6.45) is 4.71. The number of likely N-dealkylation sites (N-methyl/N-ethyl adjacent to an activating group) is 1. The number of hydrogen-bond donors (Lipinski definition) is 1. The summed E-state index contributed by atoms with van der Waals surface area (Å²) in [6.45, 7) is 18.8. The fourth-order valence-corrected chi connectivity index (χ4v) is 4.41. The van der Waals surface area contributed by atoms with E-state index in [0.717, 1.165) is 25.8 Å². The molecule has 0 aromatic carbocycles. The minimum atomic E-state index is -0.677. The summed E-state index contributed by atoms with van der Waals surface area (Å²) in [7, 11) is 1.74. The molecule has 1 N–H and O–H groups in total. The maximum Gasteiger partial charge on any atom is 0.333 e. The maximum absolute atomic E-state index is 13.7. The van der Waals surface area contributed by atoms with Crippen LogP contribution < -0.4 is 5.32 Å². The summed E-state index contributed by atoms with van der Waals surface area (Å²) in [5.41, 5.74) is 0.000989. The van der Waals surface area contributed by atoms with Crippen molar-refractivity contribution in [3.05, 3.63) is 11.6 Å². The van der Waals surface area contributed by atoms with Gasteiger partial charge < -0.3 is 15.0 Å². The Morgan fingerprint density at radius 2 is 1.76 bits per heavy atom. The highest BCUT2D eigenvalue weighted by molar-refractivity contribution is 5.91. The van der Waals surface area contributed by atoms with Gasteiger partial charge in [0, 0.05) is 18.7 Å². The fraction of sp³-hybridized carbons (Fsp3) is 0.808. The third-order valence-electron chi connectivity index (χ3n) is 6.41. The van der Waals surface area contributed by atoms with E-state index in [1.165, 1.54) is 0 Å². The Bertz CT molecular complexity index is 709. The Morgan fingerprint density at radius 3 is 2.24 bits per heavy atom. The lowest BCUT2D eigenvalue weighted by Gasteiger charge is -2.41. The minimum absolute atomic E-state index is 0.0782. The maximum atomic E-state index is 13.7. The standard InChI is InChI=1S/C26H47N3O4/c1-11-33-25(32)19(6)16-21(17(2)3)28(10)24(31)22(26(7,8)9)27-23(30)20-14-12-13-15-29(20)18(4)5/h16-18,20-22H,11-15H2,1-10H3,(H,27,30)/t20-,21+,22+/m1/s1. The molecule has 0 saturated carbocycles. The lowest BCUT2D eigenvalue weighted by atomic mass is 9.84. The number of esters is 1. The van der Waals surface area contributed by atoms with E-state index in [0.29, 0.717) is 12.2 Å². The third kappa shape index (κ3) is 8.13. The van der Waals surface area contributed by atoms with E-state index in [2.05, 4.69) is 24.1 Å². The molecule has 1 heterocycles. The zero-order valence-corrected chi connectivity index (χ0v) is 22.5. The largest absolute Gasteiger partial charge is 0.463 e. The molecule has 7 heteroatoms. The number of ether oxygens (including phenoxy) is 1. The first kappa shape index (κ1) is 29.1. The second-order valence-electron chi connectivity index (χ2n) is 10.9. The Labute approximate surface area is 201 Å². The van der Waals surface area contributed by atoms with Gasteiger partial charge in [-0.1, -0.05) is 47.1 Å². The molecule has 33 heavy (non-hydrogen) atoms. The Hall–Kier alpha value is -1.89. The van der Waals surface area contributed by atoms with Crippen LogP contribution in [0.25, 0.3) is 0 Å². The van der Waals surface area contributed by atoms with Gasteiger partial charge in [-0.2, -0.15) is 0 Å². The molecule has 0 aromatic heterocycles. The predicted octanol–water partition coefficient (Wildman–Crippen LogP) is 3.77. The van der Waals surface area contributed by atoms with Crippen molar-refractivity contribution in [1.29, 1.82) is 0 Å². The first-order chi connectivity index (χ1) is 15.2. The van der Waals surface area contributed by atoms with E-state index in [4.69, 9.17) is 4.74 Å². The lowest BCUT2D eigenvalue weighted by Crippen LogP contribution is -2.60. The van der Waals surface area contributed by atoms with Crippen LogP contribution >= 0.6 is 0 Å². The van der Waals surface area contributed by atoms with Gasteiger partial charge in [-0.25, -0.2) is 4.79 Å². The van der Waals surface area contributed by atoms with Gasteiger partial charge in [0.05, 0.1) is 18.7 Å². The van der Waals surface area contributed by atoms with Crippen molar-refractivity contribution in [2.75, 3.05) is 20.2 Å². The SMILES string of the molecule is CCOC(=O)C(C)=C[C@@H](C(C)C)N(C)C(=O)[C@H](NC(=O)[C@H]1CCCCN1C(C)C)C(C)(C)C. The van der Waals surface area contributed by atoms with Crippen LogP contribution in [0.5, 0.6) is 0 Å².